The molecule has 0 aromatic heterocycles. The quantitative estimate of drug-likeness (QED) is 0.464. The zero-order valence-electron chi connectivity index (χ0n) is 10.3. The van der Waals surface area contributed by atoms with Gasteiger partial charge in [0.2, 0.25) is 0 Å². The molecule has 0 fully saturated rings. The molecular weight excluding hydrogens is 235 g/mol. The average Bonchev–Trinajstić information content (AvgIpc) is 2.32. The van der Waals surface area contributed by atoms with E-state index in [-0.39, 0.29) is 11.3 Å². The number of aromatic carboxylic acids is 1. The molecule has 0 aliphatic rings. The molecule has 1 aromatic rings. The minimum absolute atomic E-state index is 0.184. The van der Waals surface area contributed by atoms with E-state index in [1.807, 2.05) is 0 Å². The van der Waals surface area contributed by atoms with Gasteiger partial charge in [-0.1, -0.05) is 6.08 Å². The van der Waals surface area contributed by atoms with Crippen LogP contribution in [-0.2, 0) is 0 Å². The molecule has 0 atom stereocenters. The number of nitrogens with zero attached hydrogens (tertiary/aromatic N) is 1. The Bertz CT molecular complexity index is 461. The number of halogens is 1. The molecule has 0 amide bonds. The molecule has 0 spiro atoms. The van der Waals surface area contributed by atoms with Crippen molar-refractivity contribution in [1.29, 1.82) is 0 Å². The fourth-order valence-corrected chi connectivity index (χ4v) is 1.72. The first-order valence-electron chi connectivity index (χ1n) is 5.62. The maximum absolute atomic E-state index is 13.3. The van der Waals surface area contributed by atoms with E-state index in [9.17, 15) is 9.18 Å². The summed E-state index contributed by atoms with van der Waals surface area (Å²) in [4.78, 5) is 12.9. The Labute approximate surface area is 106 Å². The lowest BCUT2D eigenvalue weighted by molar-refractivity contribution is 0.0698. The molecule has 0 saturated carbocycles. The number of allylic oxidation sites excluding steroid dienone is 1. The normalized spacial score (nSPS) is 10.1. The van der Waals surface area contributed by atoms with Crippen molar-refractivity contribution in [3.63, 3.8) is 0 Å². The summed E-state index contributed by atoms with van der Waals surface area (Å²) in [5.41, 5.74) is 5.39. The number of rotatable bonds is 6. The lowest BCUT2D eigenvalue weighted by atomic mass is 10.1. The van der Waals surface area contributed by atoms with Gasteiger partial charge in [-0.25, -0.2) is 9.18 Å². The van der Waals surface area contributed by atoms with Gasteiger partial charge < -0.3 is 15.7 Å². The van der Waals surface area contributed by atoms with Crippen molar-refractivity contribution in [1.82, 2.24) is 0 Å². The molecule has 0 unspecified atom stereocenters. The van der Waals surface area contributed by atoms with Crippen molar-refractivity contribution in [3.8, 4) is 0 Å². The van der Waals surface area contributed by atoms with Gasteiger partial charge >= 0.3 is 5.97 Å². The van der Waals surface area contributed by atoms with Gasteiger partial charge in [-0.2, -0.15) is 0 Å². The molecule has 98 valence electrons. The number of hydrogen-bond acceptors (Lipinski definition) is 3. The van der Waals surface area contributed by atoms with E-state index >= 15 is 0 Å². The molecule has 1 rings (SSSR count). The van der Waals surface area contributed by atoms with E-state index < -0.39 is 11.8 Å². The van der Waals surface area contributed by atoms with Crippen LogP contribution in [0.15, 0.2) is 24.8 Å². The second-order valence-electron chi connectivity index (χ2n) is 4.01. The molecule has 0 aliphatic heterocycles. The van der Waals surface area contributed by atoms with Crippen molar-refractivity contribution >= 4 is 17.3 Å². The van der Waals surface area contributed by atoms with Crippen molar-refractivity contribution in [2.45, 2.75) is 12.8 Å². The molecule has 1 aromatic carbocycles. The number of nitrogens with two attached hydrogens (primary N) is 1. The molecule has 0 radical (unpaired) electrons. The highest BCUT2D eigenvalue weighted by Crippen LogP contribution is 2.27. The van der Waals surface area contributed by atoms with Crippen LogP contribution < -0.4 is 10.6 Å². The first kappa shape index (κ1) is 14.0. The van der Waals surface area contributed by atoms with Crippen LogP contribution in [0.2, 0.25) is 0 Å². The Morgan fingerprint density at radius 1 is 1.61 bits per heavy atom. The number of carbonyl (C=O) groups is 1. The third-order valence-electron chi connectivity index (χ3n) is 2.70. The Kier molecular flexibility index (Phi) is 4.71. The minimum Gasteiger partial charge on any atom is -0.478 e. The first-order valence-corrected chi connectivity index (χ1v) is 5.62. The molecule has 0 bridgehead atoms. The number of hydrogen-bond donors (Lipinski definition) is 2. The lowest BCUT2D eigenvalue weighted by Crippen LogP contribution is -2.22. The number of unbranched alkanes of at least 4 members (excludes halogenated alkanes) is 1. The third kappa shape index (κ3) is 3.00. The van der Waals surface area contributed by atoms with Gasteiger partial charge in [-0.05, 0) is 25.0 Å². The summed E-state index contributed by atoms with van der Waals surface area (Å²) in [6, 6.07) is 2.62. The van der Waals surface area contributed by atoms with Gasteiger partial charge in [0, 0.05) is 13.6 Å². The van der Waals surface area contributed by atoms with E-state index in [0.717, 1.165) is 12.8 Å². The van der Waals surface area contributed by atoms with Crippen molar-refractivity contribution in [2.75, 3.05) is 24.2 Å². The van der Waals surface area contributed by atoms with Gasteiger partial charge in [0.25, 0.3) is 0 Å². The fourth-order valence-electron chi connectivity index (χ4n) is 1.72. The van der Waals surface area contributed by atoms with Crippen LogP contribution in [0.3, 0.4) is 0 Å². The fraction of sp³-hybridized carbons (Fsp3) is 0.308. The molecule has 3 N–H and O–H groups in total. The van der Waals surface area contributed by atoms with Crippen molar-refractivity contribution in [2.24, 2.45) is 0 Å². The van der Waals surface area contributed by atoms with Crippen LogP contribution >= 0.6 is 0 Å². The Hall–Kier alpha value is -2.04. The molecule has 4 nitrogen and oxygen atoms in total. The van der Waals surface area contributed by atoms with E-state index in [1.54, 1.807) is 18.0 Å². The summed E-state index contributed by atoms with van der Waals surface area (Å²) >= 11 is 0. The Morgan fingerprint density at radius 2 is 2.28 bits per heavy atom. The SMILES string of the molecule is C=CCCCN(C)c1ccc(F)c(N)c1C(=O)O. The summed E-state index contributed by atoms with van der Waals surface area (Å²) in [6.45, 7) is 4.27. The Balaban J connectivity index is 3.04. The zero-order valence-corrected chi connectivity index (χ0v) is 10.3. The summed E-state index contributed by atoms with van der Waals surface area (Å²) in [6.07, 6.45) is 3.48. The Morgan fingerprint density at radius 3 is 2.83 bits per heavy atom. The van der Waals surface area contributed by atoms with Crippen LogP contribution in [0, 0.1) is 5.82 Å². The van der Waals surface area contributed by atoms with Gasteiger partial charge in [-0.3, -0.25) is 0 Å². The van der Waals surface area contributed by atoms with Gasteiger partial charge in [0.15, 0.2) is 0 Å². The maximum atomic E-state index is 13.3. The van der Waals surface area contributed by atoms with Crippen LogP contribution in [-0.4, -0.2) is 24.7 Å². The van der Waals surface area contributed by atoms with Crippen LogP contribution in [0.4, 0.5) is 15.8 Å². The number of nitrogen functional groups attached to an aromatic ring is 1. The van der Waals surface area contributed by atoms with Gasteiger partial charge in [-0.15, -0.1) is 6.58 Å². The summed E-state index contributed by atoms with van der Waals surface area (Å²) < 4.78 is 13.3. The second-order valence-corrected chi connectivity index (χ2v) is 4.01. The molecule has 0 aliphatic carbocycles. The number of benzene rings is 1. The summed E-state index contributed by atoms with van der Waals surface area (Å²) in [5.74, 6) is -1.94. The molecule has 5 heteroatoms. The standard InChI is InChI=1S/C13H17FN2O2/c1-3-4-5-8-16(2)10-7-6-9(14)12(15)11(10)13(17)18/h3,6-7H,1,4-5,8,15H2,2H3,(H,17,18). The smallest absolute Gasteiger partial charge is 0.340 e. The number of anilines is 2. The predicted octanol–water partition coefficient (Wildman–Crippen LogP) is 2.51. The average molecular weight is 252 g/mol. The lowest BCUT2D eigenvalue weighted by Gasteiger charge is -2.22. The molecule has 0 saturated heterocycles. The second kappa shape index (κ2) is 6.05. The van der Waals surface area contributed by atoms with Gasteiger partial charge in [0.05, 0.1) is 11.4 Å². The largest absolute Gasteiger partial charge is 0.478 e. The third-order valence-corrected chi connectivity index (χ3v) is 2.70. The molecule has 18 heavy (non-hydrogen) atoms. The highest BCUT2D eigenvalue weighted by atomic mass is 19.1. The zero-order chi connectivity index (χ0) is 13.7. The minimum atomic E-state index is -1.22. The van der Waals surface area contributed by atoms with Crippen LogP contribution in [0.25, 0.3) is 0 Å². The van der Waals surface area contributed by atoms with E-state index in [4.69, 9.17) is 10.8 Å². The monoisotopic (exact) mass is 252 g/mol. The summed E-state index contributed by atoms with van der Waals surface area (Å²) in [7, 11) is 1.75. The van der Waals surface area contributed by atoms with Gasteiger partial charge in [0.1, 0.15) is 11.4 Å². The number of carboxylic acids is 1. The predicted molar refractivity (Wildman–Crippen MR) is 70.5 cm³/mol. The van der Waals surface area contributed by atoms with E-state index in [2.05, 4.69) is 6.58 Å². The van der Waals surface area contributed by atoms with Crippen molar-refractivity contribution in [3.05, 3.63) is 36.2 Å². The number of carboxylic acid groups (broad SMARTS) is 1. The highest BCUT2D eigenvalue weighted by Gasteiger charge is 2.19. The highest BCUT2D eigenvalue weighted by molar-refractivity contribution is 6.00. The molecule has 0 heterocycles. The first-order chi connectivity index (χ1) is 8.49. The van der Waals surface area contributed by atoms with Crippen LogP contribution in [0.1, 0.15) is 23.2 Å². The molecular formula is C13H17FN2O2. The maximum Gasteiger partial charge on any atom is 0.340 e. The topological polar surface area (TPSA) is 66.6 Å². The van der Waals surface area contributed by atoms with E-state index in [1.165, 1.54) is 12.1 Å². The van der Waals surface area contributed by atoms with Crippen molar-refractivity contribution < 1.29 is 14.3 Å². The van der Waals surface area contributed by atoms with E-state index in [0.29, 0.717) is 12.2 Å². The summed E-state index contributed by atoms with van der Waals surface area (Å²) in [5, 5.41) is 9.10. The van der Waals surface area contributed by atoms with Crippen LogP contribution in [0.5, 0.6) is 0 Å².